The molecule has 7 heteroatoms. The number of aromatic nitrogens is 2. The summed E-state index contributed by atoms with van der Waals surface area (Å²) in [6, 6.07) is 10.1. The zero-order valence-corrected chi connectivity index (χ0v) is 17.9. The van der Waals surface area contributed by atoms with E-state index in [0.29, 0.717) is 23.9 Å². The maximum Gasteiger partial charge on any atom is 0.270 e. The molecule has 2 heterocycles. The number of likely N-dealkylation sites (N-methyl/N-ethyl adjacent to an activating group) is 1. The van der Waals surface area contributed by atoms with Gasteiger partial charge in [-0.1, -0.05) is 6.92 Å². The van der Waals surface area contributed by atoms with Crippen molar-refractivity contribution in [2.75, 3.05) is 50.5 Å². The maximum atomic E-state index is 12.4. The SMILES string of the molecule is Cc1nc(Nc2ccc(N3CCC(C)CC3)cc2)cc(C(=O)NCCN(C)C)n1. The fraction of sp³-hybridized carbons (Fsp3) is 0.500. The van der Waals surface area contributed by atoms with Gasteiger partial charge in [-0.25, -0.2) is 9.97 Å². The Morgan fingerprint density at radius 2 is 1.86 bits per heavy atom. The van der Waals surface area contributed by atoms with Crippen molar-refractivity contribution in [1.29, 1.82) is 0 Å². The van der Waals surface area contributed by atoms with Gasteiger partial charge in [0.1, 0.15) is 17.3 Å². The largest absolute Gasteiger partial charge is 0.372 e. The normalized spacial score (nSPS) is 14.9. The number of amides is 1. The van der Waals surface area contributed by atoms with E-state index in [-0.39, 0.29) is 5.91 Å². The number of hydrogen-bond donors (Lipinski definition) is 2. The molecule has 0 saturated carbocycles. The molecule has 0 bridgehead atoms. The molecule has 1 aliphatic heterocycles. The molecule has 0 spiro atoms. The number of anilines is 3. The van der Waals surface area contributed by atoms with Crippen LogP contribution in [-0.4, -0.2) is 61.0 Å². The Hall–Kier alpha value is -2.67. The highest BCUT2D eigenvalue weighted by Gasteiger charge is 2.16. The molecule has 1 aromatic heterocycles. The van der Waals surface area contributed by atoms with Crippen LogP contribution in [0.5, 0.6) is 0 Å². The van der Waals surface area contributed by atoms with Gasteiger partial charge in [-0.15, -0.1) is 0 Å². The molecule has 0 radical (unpaired) electrons. The third kappa shape index (κ3) is 6.15. The number of rotatable bonds is 7. The summed E-state index contributed by atoms with van der Waals surface area (Å²) in [5.74, 6) is 1.82. The van der Waals surface area contributed by atoms with E-state index in [0.717, 1.165) is 31.2 Å². The quantitative estimate of drug-likeness (QED) is 0.749. The molecule has 3 rings (SSSR count). The molecule has 7 nitrogen and oxygen atoms in total. The van der Waals surface area contributed by atoms with E-state index in [1.54, 1.807) is 13.0 Å². The topological polar surface area (TPSA) is 73.4 Å². The third-order valence-electron chi connectivity index (χ3n) is 5.20. The lowest BCUT2D eigenvalue weighted by molar-refractivity contribution is 0.0945. The summed E-state index contributed by atoms with van der Waals surface area (Å²) in [5, 5.41) is 6.18. The molecule has 2 aromatic rings. The molecule has 1 saturated heterocycles. The first kappa shape index (κ1) is 21.0. The highest BCUT2D eigenvalue weighted by atomic mass is 16.1. The standard InChI is InChI=1S/C22H32N6O/c1-16-9-12-28(13-10-16)19-7-5-18(6-8-19)26-21-15-20(24-17(2)25-21)22(29)23-11-14-27(3)4/h5-8,15-16H,9-14H2,1-4H3,(H,23,29)(H,24,25,26). The van der Waals surface area contributed by atoms with E-state index >= 15 is 0 Å². The Labute approximate surface area is 173 Å². The van der Waals surface area contributed by atoms with Crippen LogP contribution < -0.4 is 15.5 Å². The number of benzene rings is 1. The number of aryl methyl sites for hydroxylation is 1. The van der Waals surface area contributed by atoms with Crippen LogP contribution in [0.15, 0.2) is 30.3 Å². The zero-order chi connectivity index (χ0) is 20.8. The zero-order valence-electron chi connectivity index (χ0n) is 17.9. The molecule has 156 valence electrons. The molecular formula is C22H32N6O. The van der Waals surface area contributed by atoms with Crippen LogP contribution in [0.4, 0.5) is 17.2 Å². The number of nitrogens with zero attached hydrogens (tertiary/aromatic N) is 4. The average molecular weight is 397 g/mol. The van der Waals surface area contributed by atoms with Crippen molar-refractivity contribution in [2.45, 2.75) is 26.7 Å². The Kier molecular flexibility index (Phi) is 7.04. The molecule has 2 N–H and O–H groups in total. The van der Waals surface area contributed by atoms with Crippen LogP contribution in [0.2, 0.25) is 0 Å². The molecule has 0 aliphatic carbocycles. The van der Waals surface area contributed by atoms with E-state index in [1.807, 2.05) is 19.0 Å². The summed E-state index contributed by atoms with van der Waals surface area (Å²) in [6.07, 6.45) is 2.50. The summed E-state index contributed by atoms with van der Waals surface area (Å²) in [4.78, 5) is 25.5. The molecular weight excluding hydrogens is 364 g/mol. The first-order valence-corrected chi connectivity index (χ1v) is 10.3. The first-order chi connectivity index (χ1) is 13.9. The lowest BCUT2D eigenvalue weighted by Gasteiger charge is -2.32. The number of carbonyl (C=O) groups excluding carboxylic acids is 1. The predicted molar refractivity (Wildman–Crippen MR) is 118 cm³/mol. The smallest absolute Gasteiger partial charge is 0.270 e. The summed E-state index contributed by atoms with van der Waals surface area (Å²) in [7, 11) is 3.94. The van der Waals surface area contributed by atoms with Crippen molar-refractivity contribution < 1.29 is 4.79 Å². The summed E-state index contributed by atoms with van der Waals surface area (Å²) in [5.41, 5.74) is 2.57. The van der Waals surface area contributed by atoms with Crippen LogP contribution >= 0.6 is 0 Å². The van der Waals surface area contributed by atoms with Crippen LogP contribution in [0.3, 0.4) is 0 Å². The van der Waals surface area contributed by atoms with E-state index in [2.05, 4.69) is 56.7 Å². The summed E-state index contributed by atoms with van der Waals surface area (Å²) >= 11 is 0. The van der Waals surface area contributed by atoms with Gasteiger partial charge in [-0.2, -0.15) is 0 Å². The molecule has 29 heavy (non-hydrogen) atoms. The second kappa shape index (κ2) is 9.69. The summed E-state index contributed by atoms with van der Waals surface area (Å²) in [6.45, 7) is 7.71. The van der Waals surface area contributed by atoms with E-state index in [9.17, 15) is 4.79 Å². The van der Waals surface area contributed by atoms with Gasteiger partial charge >= 0.3 is 0 Å². The lowest BCUT2D eigenvalue weighted by atomic mass is 9.99. The number of piperidine rings is 1. The summed E-state index contributed by atoms with van der Waals surface area (Å²) < 4.78 is 0. The Morgan fingerprint density at radius 1 is 1.17 bits per heavy atom. The molecule has 1 fully saturated rings. The monoisotopic (exact) mass is 396 g/mol. The molecule has 0 atom stereocenters. The van der Waals surface area contributed by atoms with Crippen molar-refractivity contribution in [1.82, 2.24) is 20.2 Å². The predicted octanol–water partition coefficient (Wildman–Crippen LogP) is 3.06. The number of nitrogens with one attached hydrogen (secondary N) is 2. The van der Waals surface area contributed by atoms with Gasteiger partial charge in [-0.05, 0) is 64.0 Å². The maximum absolute atomic E-state index is 12.4. The van der Waals surface area contributed by atoms with E-state index in [4.69, 9.17) is 0 Å². The highest BCUT2D eigenvalue weighted by molar-refractivity contribution is 5.93. The van der Waals surface area contributed by atoms with Gasteiger partial charge in [0.2, 0.25) is 0 Å². The van der Waals surface area contributed by atoms with Crippen molar-refractivity contribution in [3.05, 3.63) is 41.9 Å². The van der Waals surface area contributed by atoms with Gasteiger partial charge in [0.05, 0.1) is 0 Å². The fourth-order valence-corrected chi connectivity index (χ4v) is 3.40. The van der Waals surface area contributed by atoms with E-state index < -0.39 is 0 Å². The van der Waals surface area contributed by atoms with Crippen LogP contribution in [-0.2, 0) is 0 Å². The minimum atomic E-state index is -0.185. The fourth-order valence-electron chi connectivity index (χ4n) is 3.40. The molecule has 1 aromatic carbocycles. The molecule has 1 amide bonds. The van der Waals surface area contributed by atoms with Crippen molar-refractivity contribution in [2.24, 2.45) is 5.92 Å². The van der Waals surface area contributed by atoms with Gasteiger partial charge in [0.15, 0.2) is 0 Å². The Bertz CT molecular complexity index is 813. The third-order valence-corrected chi connectivity index (χ3v) is 5.20. The van der Waals surface area contributed by atoms with Gasteiger partial charge in [0, 0.05) is 43.6 Å². The Balaban J connectivity index is 1.63. The lowest BCUT2D eigenvalue weighted by Crippen LogP contribution is -2.32. The van der Waals surface area contributed by atoms with Gasteiger partial charge < -0.3 is 20.4 Å². The minimum Gasteiger partial charge on any atom is -0.372 e. The van der Waals surface area contributed by atoms with Crippen molar-refractivity contribution in [3.63, 3.8) is 0 Å². The average Bonchev–Trinajstić information content (AvgIpc) is 2.68. The second-order valence-electron chi connectivity index (χ2n) is 8.09. The Morgan fingerprint density at radius 3 is 2.52 bits per heavy atom. The van der Waals surface area contributed by atoms with E-state index in [1.165, 1.54) is 18.5 Å². The first-order valence-electron chi connectivity index (χ1n) is 10.3. The van der Waals surface area contributed by atoms with Gasteiger partial charge in [-0.3, -0.25) is 4.79 Å². The van der Waals surface area contributed by atoms with Crippen LogP contribution in [0.25, 0.3) is 0 Å². The van der Waals surface area contributed by atoms with Gasteiger partial charge in [0.25, 0.3) is 5.91 Å². The highest BCUT2D eigenvalue weighted by Crippen LogP contribution is 2.25. The number of hydrogen-bond acceptors (Lipinski definition) is 6. The van der Waals surface area contributed by atoms with Crippen LogP contribution in [0.1, 0.15) is 36.1 Å². The van der Waals surface area contributed by atoms with Crippen molar-refractivity contribution in [3.8, 4) is 0 Å². The minimum absolute atomic E-state index is 0.185. The van der Waals surface area contributed by atoms with Crippen molar-refractivity contribution >= 4 is 23.1 Å². The second-order valence-corrected chi connectivity index (χ2v) is 8.09. The number of carbonyl (C=O) groups is 1. The molecule has 0 unspecified atom stereocenters. The van der Waals surface area contributed by atoms with Crippen LogP contribution in [0, 0.1) is 12.8 Å². The molecule has 1 aliphatic rings.